The van der Waals surface area contributed by atoms with E-state index in [0.29, 0.717) is 6.07 Å². The maximum absolute atomic E-state index is 13.3. The highest BCUT2D eigenvalue weighted by atomic mass is 19.2. The zero-order chi connectivity index (χ0) is 13.3. The van der Waals surface area contributed by atoms with Gasteiger partial charge in [0, 0.05) is 12.0 Å². The van der Waals surface area contributed by atoms with Crippen molar-refractivity contribution in [2.75, 3.05) is 0 Å². The van der Waals surface area contributed by atoms with Crippen molar-refractivity contribution in [1.29, 1.82) is 0 Å². The first kappa shape index (κ1) is 12.1. The molecular formula is C10H7F3N4O. The molecule has 1 heterocycles. The largest absolute Gasteiger partial charge is 0.363 e. The molecule has 1 aromatic heterocycles. The number of hydrogen-bond acceptors (Lipinski definition) is 3. The number of nitrogens with zero attached hydrogens (tertiary/aromatic N) is 2. The average Bonchev–Trinajstić information content (AvgIpc) is 2.78. The Bertz CT molecular complexity index is 611. The first-order valence-corrected chi connectivity index (χ1v) is 4.82. The van der Waals surface area contributed by atoms with Crippen molar-refractivity contribution in [2.45, 2.75) is 6.42 Å². The number of hydrogen-bond donors (Lipinski definition) is 2. The number of aromatic nitrogens is 3. The van der Waals surface area contributed by atoms with Crippen LogP contribution >= 0.6 is 0 Å². The Morgan fingerprint density at radius 1 is 1.28 bits per heavy atom. The Morgan fingerprint density at radius 3 is 2.56 bits per heavy atom. The Labute approximate surface area is 98.8 Å². The molecule has 0 fully saturated rings. The molecule has 3 N–H and O–H groups in total. The molecule has 0 aliphatic rings. The molecule has 2 aromatic rings. The number of nitrogens with two attached hydrogens (primary N) is 1. The van der Waals surface area contributed by atoms with Crippen LogP contribution in [0.2, 0.25) is 0 Å². The zero-order valence-electron chi connectivity index (χ0n) is 8.88. The molecule has 0 atom stereocenters. The first-order chi connectivity index (χ1) is 8.49. The van der Waals surface area contributed by atoms with Crippen LogP contribution in [0.15, 0.2) is 12.1 Å². The molecule has 0 aliphatic carbocycles. The minimum absolute atomic E-state index is 0.00667. The van der Waals surface area contributed by atoms with Crippen molar-refractivity contribution >= 4 is 5.91 Å². The summed E-state index contributed by atoms with van der Waals surface area (Å²) < 4.78 is 39.6. The third-order valence-corrected chi connectivity index (χ3v) is 2.24. The lowest BCUT2D eigenvalue weighted by molar-refractivity contribution is 0.0991. The molecule has 0 aliphatic heterocycles. The third-order valence-electron chi connectivity index (χ3n) is 2.24. The van der Waals surface area contributed by atoms with Crippen molar-refractivity contribution in [3.8, 4) is 0 Å². The predicted octanol–water partition coefficient (Wildman–Crippen LogP) is 0.912. The maximum Gasteiger partial charge on any atom is 0.288 e. The van der Waals surface area contributed by atoms with Crippen LogP contribution in [0.1, 0.15) is 22.0 Å². The first-order valence-electron chi connectivity index (χ1n) is 4.82. The highest BCUT2D eigenvalue weighted by Crippen LogP contribution is 2.18. The maximum atomic E-state index is 13.3. The number of nitrogens with one attached hydrogen (secondary N) is 1. The molecule has 0 radical (unpaired) electrons. The molecule has 8 heteroatoms. The van der Waals surface area contributed by atoms with E-state index in [0.717, 1.165) is 6.07 Å². The normalized spacial score (nSPS) is 10.6. The van der Waals surface area contributed by atoms with E-state index in [1.54, 1.807) is 0 Å². The summed E-state index contributed by atoms with van der Waals surface area (Å²) in [5.74, 6) is -4.55. The van der Waals surface area contributed by atoms with E-state index in [-0.39, 0.29) is 18.1 Å². The molecule has 2 rings (SSSR count). The number of benzene rings is 1. The van der Waals surface area contributed by atoms with Crippen LogP contribution < -0.4 is 5.73 Å². The van der Waals surface area contributed by atoms with Crippen LogP contribution in [0.25, 0.3) is 0 Å². The smallest absolute Gasteiger partial charge is 0.288 e. The summed E-state index contributed by atoms with van der Waals surface area (Å²) in [4.78, 5) is 14.3. The second-order valence-electron chi connectivity index (χ2n) is 3.47. The van der Waals surface area contributed by atoms with Gasteiger partial charge >= 0.3 is 0 Å². The summed E-state index contributed by atoms with van der Waals surface area (Å²) in [5.41, 5.74) is 4.41. The van der Waals surface area contributed by atoms with Gasteiger partial charge in [-0.25, -0.2) is 18.2 Å². The van der Waals surface area contributed by atoms with E-state index in [2.05, 4.69) is 15.2 Å². The van der Waals surface area contributed by atoms with E-state index in [1.807, 2.05) is 0 Å². The fourth-order valence-electron chi connectivity index (χ4n) is 1.38. The Balaban J connectivity index is 2.33. The standard InChI is InChI=1S/C10H7F3N4O/c11-5-1-2-6(12)8(13)4(5)3-7-15-10(9(14)18)17-16-7/h1-2H,3H2,(H2,14,18)(H,15,16,17). The topological polar surface area (TPSA) is 84.7 Å². The summed E-state index contributed by atoms with van der Waals surface area (Å²) in [6.45, 7) is 0. The minimum atomic E-state index is -1.30. The number of aromatic amines is 1. The highest BCUT2D eigenvalue weighted by Gasteiger charge is 2.16. The second kappa shape index (κ2) is 4.47. The van der Waals surface area contributed by atoms with Crippen molar-refractivity contribution in [3.63, 3.8) is 0 Å². The van der Waals surface area contributed by atoms with E-state index in [9.17, 15) is 18.0 Å². The van der Waals surface area contributed by atoms with Crippen LogP contribution in [0.5, 0.6) is 0 Å². The fraction of sp³-hybridized carbons (Fsp3) is 0.100. The van der Waals surface area contributed by atoms with E-state index < -0.39 is 28.9 Å². The zero-order valence-corrected chi connectivity index (χ0v) is 8.88. The number of H-pyrrole nitrogens is 1. The van der Waals surface area contributed by atoms with Gasteiger partial charge in [0.25, 0.3) is 5.91 Å². The second-order valence-corrected chi connectivity index (χ2v) is 3.47. The van der Waals surface area contributed by atoms with Crippen molar-refractivity contribution in [2.24, 2.45) is 5.73 Å². The summed E-state index contributed by atoms with van der Waals surface area (Å²) >= 11 is 0. The van der Waals surface area contributed by atoms with Crippen LogP contribution in [0.4, 0.5) is 13.2 Å². The van der Waals surface area contributed by atoms with Gasteiger partial charge in [0.15, 0.2) is 11.6 Å². The van der Waals surface area contributed by atoms with Crippen LogP contribution in [-0.2, 0) is 6.42 Å². The Hall–Kier alpha value is -2.38. The van der Waals surface area contributed by atoms with Gasteiger partial charge in [-0.3, -0.25) is 9.89 Å². The number of rotatable bonds is 3. The molecule has 0 spiro atoms. The molecule has 5 nitrogen and oxygen atoms in total. The predicted molar refractivity (Wildman–Crippen MR) is 54.0 cm³/mol. The molecule has 0 bridgehead atoms. The van der Waals surface area contributed by atoms with E-state index in [4.69, 9.17) is 5.73 Å². The molecule has 1 amide bonds. The quantitative estimate of drug-likeness (QED) is 0.800. The number of carbonyl (C=O) groups is 1. The van der Waals surface area contributed by atoms with E-state index >= 15 is 0 Å². The van der Waals surface area contributed by atoms with Crippen molar-refractivity contribution < 1.29 is 18.0 Å². The van der Waals surface area contributed by atoms with Gasteiger partial charge in [0.05, 0.1) is 0 Å². The number of amides is 1. The number of halogens is 3. The SMILES string of the molecule is NC(=O)c1n[nH]c(Cc2c(F)ccc(F)c2F)n1. The summed E-state index contributed by atoms with van der Waals surface area (Å²) in [5, 5.41) is 5.74. The average molecular weight is 256 g/mol. The Kier molecular flexibility index (Phi) is 3.00. The minimum Gasteiger partial charge on any atom is -0.363 e. The van der Waals surface area contributed by atoms with Crippen LogP contribution in [0.3, 0.4) is 0 Å². The third kappa shape index (κ3) is 2.17. The van der Waals surface area contributed by atoms with Crippen molar-refractivity contribution in [1.82, 2.24) is 15.2 Å². The monoisotopic (exact) mass is 256 g/mol. The Morgan fingerprint density at radius 2 is 1.94 bits per heavy atom. The summed E-state index contributed by atoms with van der Waals surface area (Å²) in [6, 6.07) is 1.49. The summed E-state index contributed by atoms with van der Waals surface area (Å²) in [7, 11) is 0. The molecule has 94 valence electrons. The number of carbonyl (C=O) groups excluding carboxylic acids is 1. The lowest BCUT2D eigenvalue weighted by atomic mass is 10.1. The summed E-state index contributed by atoms with van der Waals surface area (Å²) in [6.07, 6.45) is -0.365. The van der Waals surface area contributed by atoms with Gasteiger partial charge in [-0.1, -0.05) is 0 Å². The number of primary amides is 1. The molecule has 0 saturated heterocycles. The van der Waals surface area contributed by atoms with Gasteiger partial charge < -0.3 is 5.73 Å². The molecule has 0 saturated carbocycles. The molecule has 18 heavy (non-hydrogen) atoms. The van der Waals surface area contributed by atoms with Gasteiger partial charge in [0.1, 0.15) is 11.6 Å². The van der Waals surface area contributed by atoms with Gasteiger partial charge in [-0.05, 0) is 12.1 Å². The fourth-order valence-corrected chi connectivity index (χ4v) is 1.38. The molecule has 1 aromatic carbocycles. The van der Waals surface area contributed by atoms with Crippen LogP contribution in [0, 0.1) is 17.5 Å². The van der Waals surface area contributed by atoms with Gasteiger partial charge in [0.2, 0.25) is 5.82 Å². The van der Waals surface area contributed by atoms with Crippen molar-refractivity contribution in [3.05, 3.63) is 46.8 Å². The lowest BCUT2D eigenvalue weighted by Gasteiger charge is -2.03. The molecular weight excluding hydrogens is 249 g/mol. The van der Waals surface area contributed by atoms with Gasteiger partial charge in [-0.2, -0.15) is 0 Å². The van der Waals surface area contributed by atoms with Crippen LogP contribution in [-0.4, -0.2) is 21.1 Å². The van der Waals surface area contributed by atoms with Gasteiger partial charge in [-0.15, -0.1) is 5.10 Å². The lowest BCUT2D eigenvalue weighted by Crippen LogP contribution is -2.13. The van der Waals surface area contributed by atoms with E-state index in [1.165, 1.54) is 0 Å². The molecule has 0 unspecified atom stereocenters. The highest BCUT2D eigenvalue weighted by molar-refractivity contribution is 5.88.